The molecule has 1 aliphatic rings. The lowest BCUT2D eigenvalue weighted by Gasteiger charge is -2.30. The fourth-order valence-electron chi connectivity index (χ4n) is 2.69. The van der Waals surface area contributed by atoms with Crippen LogP contribution in [-0.2, 0) is 24.3 Å². The summed E-state index contributed by atoms with van der Waals surface area (Å²) in [5.74, 6) is -1.98. The van der Waals surface area contributed by atoms with Gasteiger partial charge in [0.2, 0.25) is 10.0 Å². The molecular formula is C17H22N2O6S. The van der Waals surface area contributed by atoms with Gasteiger partial charge in [0.05, 0.1) is 10.8 Å². The summed E-state index contributed by atoms with van der Waals surface area (Å²) in [6, 6.07) is 5.88. The van der Waals surface area contributed by atoms with Gasteiger partial charge >= 0.3 is 5.97 Å². The summed E-state index contributed by atoms with van der Waals surface area (Å²) in [4.78, 5) is 34.5. The number of ether oxygens (including phenoxy) is 1. The van der Waals surface area contributed by atoms with Crippen LogP contribution in [-0.4, -0.2) is 49.6 Å². The van der Waals surface area contributed by atoms with E-state index in [4.69, 9.17) is 10.5 Å². The van der Waals surface area contributed by atoms with Crippen LogP contribution in [0.1, 0.15) is 37.0 Å². The lowest BCUT2D eigenvalue weighted by molar-refractivity contribution is -0.159. The Bertz CT molecular complexity index is 812. The van der Waals surface area contributed by atoms with Gasteiger partial charge in [-0.2, -0.15) is 4.31 Å². The predicted molar refractivity (Wildman–Crippen MR) is 92.7 cm³/mol. The maximum atomic E-state index is 12.7. The number of nitrogens with two attached hydrogens (primary N) is 1. The summed E-state index contributed by atoms with van der Waals surface area (Å²) >= 11 is 0. The van der Waals surface area contributed by atoms with Gasteiger partial charge in [0, 0.05) is 18.7 Å². The second-order valence-corrected chi connectivity index (χ2v) is 8.18. The molecule has 1 aliphatic heterocycles. The van der Waals surface area contributed by atoms with E-state index in [-0.39, 0.29) is 36.6 Å². The van der Waals surface area contributed by atoms with E-state index in [2.05, 4.69) is 0 Å². The van der Waals surface area contributed by atoms with Gasteiger partial charge in [-0.1, -0.05) is 12.1 Å². The van der Waals surface area contributed by atoms with Gasteiger partial charge in [0.1, 0.15) is 0 Å². The van der Waals surface area contributed by atoms with Crippen molar-refractivity contribution in [2.45, 2.75) is 37.7 Å². The van der Waals surface area contributed by atoms with E-state index in [0.29, 0.717) is 5.56 Å². The SMILES string of the molecule is CC(=O)c1cccc(S(=O)(=O)N2CCC(C(=O)OC(C)C(N)=O)CC2)c1. The summed E-state index contributed by atoms with van der Waals surface area (Å²) < 4.78 is 31.8. The standard InChI is InChI=1S/C17H22N2O6S/c1-11(20)14-4-3-5-15(10-14)26(23,24)19-8-6-13(7-9-19)17(22)25-12(2)16(18)21/h3-5,10,12-13H,6-9H2,1-2H3,(H2,18,21). The summed E-state index contributed by atoms with van der Waals surface area (Å²) in [6.07, 6.45) is -0.440. The number of amides is 1. The number of benzene rings is 1. The number of ketones is 1. The van der Waals surface area contributed by atoms with E-state index >= 15 is 0 Å². The van der Waals surface area contributed by atoms with Gasteiger partial charge < -0.3 is 10.5 Å². The summed E-state index contributed by atoms with van der Waals surface area (Å²) in [7, 11) is -3.75. The third-order valence-corrected chi connectivity index (χ3v) is 6.25. The zero-order valence-corrected chi connectivity index (χ0v) is 15.5. The normalized spacial score (nSPS) is 17.5. The van der Waals surface area contributed by atoms with E-state index in [1.807, 2.05) is 0 Å². The second-order valence-electron chi connectivity index (χ2n) is 6.24. The molecule has 2 rings (SSSR count). The molecule has 1 fully saturated rings. The third kappa shape index (κ3) is 4.47. The maximum Gasteiger partial charge on any atom is 0.309 e. The van der Waals surface area contributed by atoms with Crippen LogP contribution >= 0.6 is 0 Å². The molecule has 0 spiro atoms. The molecule has 1 aromatic rings. The van der Waals surface area contributed by atoms with Crippen molar-refractivity contribution >= 4 is 27.7 Å². The minimum atomic E-state index is -3.75. The molecule has 1 unspecified atom stereocenters. The molecule has 1 saturated heterocycles. The first kappa shape index (κ1) is 20.1. The van der Waals surface area contributed by atoms with Gasteiger partial charge in [-0.15, -0.1) is 0 Å². The van der Waals surface area contributed by atoms with Crippen molar-refractivity contribution in [3.8, 4) is 0 Å². The Morgan fingerprint density at radius 3 is 2.38 bits per heavy atom. The van der Waals surface area contributed by atoms with Gasteiger partial charge in [-0.25, -0.2) is 8.42 Å². The second kappa shape index (κ2) is 7.96. The Morgan fingerprint density at radius 2 is 1.85 bits per heavy atom. The van der Waals surface area contributed by atoms with E-state index in [0.717, 1.165) is 0 Å². The number of hydrogen-bond acceptors (Lipinski definition) is 6. The molecule has 0 aliphatic carbocycles. The van der Waals surface area contributed by atoms with Crippen LogP contribution in [0.3, 0.4) is 0 Å². The Kier molecular flexibility index (Phi) is 6.14. The number of rotatable bonds is 6. The van der Waals surface area contributed by atoms with Crippen LogP contribution in [0.4, 0.5) is 0 Å². The number of primary amides is 1. The largest absolute Gasteiger partial charge is 0.452 e. The highest BCUT2D eigenvalue weighted by Crippen LogP contribution is 2.25. The number of piperidine rings is 1. The first-order chi connectivity index (χ1) is 12.1. The molecule has 142 valence electrons. The number of carbonyl (C=O) groups is 3. The number of esters is 1. The van der Waals surface area contributed by atoms with Crippen LogP contribution in [0.5, 0.6) is 0 Å². The molecule has 0 radical (unpaired) electrons. The number of carbonyl (C=O) groups excluding carboxylic acids is 3. The first-order valence-electron chi connectivity index (χ1n) is 8.24. The molecule has 1 heterocycles. The number of hydrogen-bond donors (Lipinski definition) is 1. The molecule has 2 N–H and O–H groups in total. The van der Waals surface area contributed by atoms with Crippen molar-refractivity contribution in [3.05, 3.63) is 29.8 Å². The van der Waals surface area contributed by atoms with Gasteiger partial charge in [-0.05, 0) is 38.8 Å². The lowest BCUT2D eigenvalue weighted by Crippen LogP contribution is -2.41. The fraction of sp³-hybridized carbons (Fsp3) is 0.471. The van der Waals surface area contributed by atoms with Crippen molar-refractivity contribution in [2.75, 3.05) is 13.1 Å². The fourth-order valence-corrected chi connectivity index (χ4v) is 4.20. The highest BCUT2D eigenvalue weighted by atomic mass is 32.2. The van der Waals surface area contributed by atoms with Crippen LogP contribution in [0.2, 0.25) is 0 Å². The average molecular weight is 382 g/mol. The minimum Gasteiger partial charge on any atom is -0.452 e. The zero-order chi connectivity index (χ0) is 19.5. The maximum absolute atomic E-state index is 12.7. The quantitative estimate of drug-likeness (QED) is 0.571. The molecule has 8 nitrogen and oxygen atoms in total. The lowest BCUT2D eigenvalue weighted by atomic mass is 9.98. The van der Waals surface area contributed by atoms with Crippen molar-refractivity contribution in [3.63, 3.8) is 0 Å². The Balaban J connectivity index is 2.04. The Hall–Kier alpha value is -2.26. The van der Waals surface area contributed by atoms with Crippen LogP contribution in [0.25, 0.3) is 0 Å². The summed E-state index contributed by atoms with van der Waals surface area (Å²) in [5.41, 5.74) is 5.39. The predicted octanol–water partition coefficient (Wildman–Crippen LogP) is 0.707. The van der Waals surface area contributed by atoms with Crippen molar-refractivity contribution in [2.24, 2.45) is 11.7 Å². The van der Waals surface area contributed by atoms with Crippen LogP contribution in [0.15, 0.2) is 29.2 Å². The average Bonchev–Trinajstić information content (AvgIpc) is 2.61. The van der Waals surface area contributed by atoms with Gasteiger partial charge in [0.25, 0.3) is 5.91 Å². The zero-order valence-electron chi connectivity index (χ0n) is 14.7. The van der Waals surface area contributed by atoms with E-state index in [9.17, 15) is 22.8 Å². The molecular weight excluding hydrogens is 360 g/mol. The van der Waals surface area contributed by atoms with Gasteiger partial charge in [0.15, 0.2) is 11.9 Å². The third-order valence-electron chi connectivity index (χ3n) is 4.36. The Morgan fingerprint density at radius 1 is 1.23 bits per heavy atom. The Labute approximate surface area is 152 Å². The molecule has 0 aromatic heterocycles. The minimum absolute atomic E-state index is 0.0496. The smallest absolute Gasteiger partial charge is 0.309 e. The molecule has 0 saturated carbocycles. The summed E-state index contributed by atoms with van der Waals surface area (Å²) in [6.45, 7) is 3.06. The molecule has 9 heteroatoms. The highest BCUT2D eigenvalue weighted by Gasteiger charge is 2.33. The highest BCUT2D eigenvalue weighted by molar-refractivity contribution is 7.89. The van der Waals surface area contributed by atoms with Crippen molar-refractivity contribution in [1.82, 2.24) is 4.31 Å². The molecule has 26 heavy (non-hydrogen) atoms. The number of sulfonamides is 1. The number of nitrogens with zero attached hydrogens (tertiary/aromatic N) is 1. The van der Waals surface area contributed by atoms with Crippen molar-refractivity contribution in [1.29, 1.82) is 0 Å². The van der Waals surface area contributed by atoms with E-state index in [1.54, 1.807) is 6.07 Å². The first-order valence-corrected chi connectivity index (χ1v) is 9.68. The summed E-state index contributed by atoms with van der Waals surface area (Å²) in [5, 5.41) is 0. The monoisotopic (exact) mass is 382 g/mol. The molecule has 1 amide bonds. The van der Waals surface area contributed by atoms with Gasteiger partial charge in [-0.3, -0.25) is 14.4 Å². The van der Waals surface area contributed by atoms with Crippen LogP contribution in [0, 0.1) is 5.92 Å². The molecule has 1 atom stereocenters. The topological polar surface area (TPSA) is 124 Å². The van der Waals surface area contributed by atoms with E-state index in [1.165, 1.54) is 36.4 Å². The number of Topliss-reactive ketones (excluding diaryl/α,β-unsaturated/α-hetero) is 1. The van der Waals surface area contributed by atoms with Crippen LogP contribution < -0.4 is 5.73 Å². The van der Waals surface area contributed by atoms with E-state index < -0.39 is 33.9 Å². The molecule has 0 bridgehead atoms. The molecule has 1 aromatic carbocycles. The van der Waals surface area contributed by atoms with Crippen molar-refractivity contribution < 1.29 is 27.5 Å².